The van der Waals surface area contributed by atoms with E-state index in [2.05, 4.69) is 74.6 Å². The minimum absolute atomic E-state index is 0.165. The maximum absolute atomic E-state index is 11.6. The van der Waals surface area contributed by atoms with Gasteiger partial charge < -0.3 is 9.47 Å². The van der Waals surface area contributed by atoms with Crippen LogP contribution in [0.4, 0.5) is 0 Å². The smallest absolute Gasteiger partial charge is 0.302 e. The van der Waals surface area contributed by atoms with Gasteiger partial charge in [-0.2, -0.15) is 0 Å². The molecule has 1 saturated carbocycles. The van der Waals surface area contributed by atoms with Crippen LogP contribution < -0.4 is 4.74 Å². The normalized spacial score (nSPS) is 37.0. The highest BCUT2D eigenvalue weighted by Crippen LogP contribution is 2.62. The van der Waals surface area contributed by atoms with E-state index < -0.39 is 9.93 Å². The summed E-state index contributed by atoms with van der Waals surface area (Å²) in [4.78, 5) is 11.8. The van der Waals surface area contributed by atoms with E-state index in [4.69, 9.17) is 9.47 Å². The van der Waals surface area contributed by atoms with E-state index in [1.165, 1.54) is 12.5 Å². The summed E-state index contributed by atoms with van der Waals surface area (Å²) in [7, 11) is 0. The first-order valence-electron chi connectivity index (χ1n) is 7.99. The van der Waals surface area contributed by atoms with E-state index in [-0.39, 0.29) is 22.3 Å². The number of hydrogen-bond acceptors (Lipinski definition) is 3. The molecule has 1 fully saturated rings. The molecule has 0 radical (unpaired) electrons. The van der Waals surface area contributed by atoms with Crippen molar-refractivity contribution >= 4 is 53.8 Å². The van der Waals surface area contributed by atoms with Crippen molar-refractivity contribution in [3.63, 3.8) is 0 Å². The number of carbonyl (C=O) groups is 1. The summed E-state index contributed by atoms with van der Waals surface area (Å²) in [6.07, 6.45) is 1.22. The summed E-state index contributed by atoms with van der Waals surface area (Å²) < 4.78 is 12.8. The summed E-state index contributed by atoms with van der Waals surface area (Å²) in [6, 6.07) is 6.11. The molecule has 0 bridgehead atoms. The first kappa shape index (κ1) is 18.7. The first-order chi connectivity index (χ1) is 11.0. The van der Waals surface area contributed by atoms with Crippen LogP contribution in [0.15, 0.2) is 22.7 Å². The third-order valence-corrected chi connectivity index (χ3v) is 8.86. The SMILES string of the molecule is CC(=O)OC1CC(Br)C(C)(C)C2(Cc3cc(Br)ccc3O2)C1(C)Br. The Morgan fingerprint density at radius 3 is 2.62 bits per heavy atom. The largest absolute Gasteiger partial charge is 0.484 e. The lowest BCUT2D eigenvalue weighted by atomic mass is 9.58. The third-order valence-electron chi connectivity index (χ3n) is 5.69. The molecule has 1 aliphatic heterocycles. The predicted octanol–water partition coefficient (Wildman–Crippen LogP) is 5.40. The second-order valence-corrected chi connectivity index (χ2v) is 11.1. The fourth-order valence-corrected chi connectivity index (χ4v) is 6.25. The van der Waals surface area contributed by atoms with Crippen LogP contribution >= 0.6 is 47.8 Å². The number of carbonyl (C=O) groups excluding carboxylic acids is 1. The van der Waals surface area contributed by atoms with Crippen molar-refractivity contribution in [1.82, 2.24) is 0 Å². The van der Waals surface area contributed by atoms with E-state index in [9.17, 15) is 4.79 Å². The molecule has 2 aliphatic rings. The monoisotopic (exact) mass is 522 g/mol. The van der Waals surface area contributed by atoms with Gasteiger partial charge in [0.2, 0.25) is 0 Å². The van der Waals surface area contributed by atoms with Crippen molar-refractivity contribution in [3.05, 3.63) is 28.2 Å². The van der Waals surface area contributed by atoms with Crippen molar-refractivity contribution in [1.29, 1.82) is 0 Å². The van der Waals surface area contributed by atoms with Crippen LogP contribution in [0.1, 0.15) is 39.7 Å². The Bertz CT molecular complexity index is 686. The highest BCUT2D eigenvalue weighted by molar-refractivity contribution is 9.10. The maximum Gasteiger partial charge on any atom is 0.302 e. The lowest BCUT2D eigenvalue weighted by molar-refractivity contribution is -0.164. The van der Waals surface area contributed by atoms with Gasteiger partial charge in [0.05, 0.1) is 0 Å². The van der Waals surface area contributed by atoms with Gasteiger partial charge in [0.1, 0.15) is 21.8 Å². The topological polar surface area (TPSA) is 35.5 Å². The Morgan fingerprint density at radius 2 is 2.00 bits per heavy atom. The number of fused-ring (bicyclic) bond motifs is 1. The van der Waals surface area contributed by atoms with Gasteiger partial charge >= 0.3 is 5.97 Å². The molecule has 1 spiro atoms. The van der Waals surface area contributed by atoms with Gasteiger partial charge in [-0.05, 0) is 37.1 Å². The van der Waals surface area contributed by atoms with Crippen LogP contribution in [0, 0.1) is 5.41 Å². The van der Waals surface area contributed by atoms with Crippen molar-refractivity contribution < 1.29 is 14.3 Å². The maximum atomic E-state index is 11.6. The summed E-state index contributed by atoms with van der Waals surface area (Å²) in [5.74, 6) is 0.638. The molecule has 6 heteroatoms. The molecular weight excluding hydrogens is 504 g/mol. The van der Waals surface area contributed by atoms with Crippen molar-refractivity contribution in [3.8, 4) is 5.75 Å². The zero-order chi connectivity index (χ0) is 17.9. The first-order valence-corrected chi connectivity index (χ1v) is 10.5. The molecule has 132 valence electrons. The van der Waals surface area contributed by atoms with Gasteiger partial charge in [0, 0.05) is 28.1 Å². The van der Waals surface area contributed by atoms with Gasteiger partial charge in [-0.1, -0.05) is 61.6 Å². The van der Waals surface area contributed by atoms with Crippen LogP contribution in [0.5, 0.6) is 5.75 Å². The van der Waals surface area contributed by atoms with Crippen molar-refractivity contribution in [2.24, 2.45) is 5.41 Å². The lowest BCUT2D eigenvalue weighted by Gasteiger charge is -2.59. The molecule has 0 N–H and O–H groups in total. The Balaban J connectivity index is 2.10. The number of esters is 1. The quantitative estimate of drug-likeness (QED) is 0.364. The number of halogens is 3. The molecule has 0 saturated heterocycles. The second-order valence-electron chi connectivity index (χ2n) is 7.46. The highest BCUT2D eigenvalue weighted by atomic mass is 79.9. The molecule has 3 rings (SSSR count). The molecule has 3 nitrogen and oxygen atoms in total. The molecule has 0 amide bonds. The predicted molar refractivity (Wildman–Crippen MR) is 105 cm³/mol. The van der Waals surface area contributed by atoms with Gasteiger partial charge in [0.15, 0.2) is 0 Å². The third kappa shape index (κ3) is 2.59. The highest BCUT2D eigenvalue weighted by Gasteiger charge is 2.69. The minimum atomic E-state index is -0.532. The summed E-state index contributed by atoms with van der Waals surface area (Å²) in [5.41, 5.74) is 0.467. The Labute approximate surface area is 168 Å². The van der Waals surface area contributed by atoms with Crippen LogP contribution in [-0.2, 0) is 16.0 Å². The minimum Gasteiger partial charge on any atom is -0.484 e. The van der Waals surface area contributed by atoms with E-state index >= 15 is 0 Å². The van der Waals surface area contributed by atoms with E-state index in [1.807, 2.05) is 12.1 Å². The van der Waals surface area contributed by atoms with Crippen molar-refractivity contribution in [2.45, 2.75) is 61.4 Å². The molecule has 1 aromatic rings. The number of hydrogen-bond donors (Lipinski definition) is 0. The summed E-state index contributed by atoms with van der Waals surface area (Å²) in [6.45, 7) is 7.98. The number of rotatable bonds is 1. The van der Waals surface area contributed by atoms with Crippen LogP contribution in [0.3, 0.4) is 0 Å². The number of ether oxygens (including phenoxy) is 2. The van der Waals surface area contributed by atoms with Gasteiger partial charge in [-0.3, -0.25) is 4.79 Å². The Morgan fingerprint density at radius 1 is 1.33 bits per heavy atom. The Kier molecular flexibility index (Phi) is 4.67. The van der Waals surface area contributed by atoms with E-state index in [0.717, 1.165) is 23.1 Å². The molecule has 4 atom stereocenters. The number of benzene rings is 1. The second kappa shape index (κ2) is 5.98. The molecule has 4 unspecified atom stereocenters. The van der Waals surface area contributed by atoms with Crippen LogP contribution in [-0.4, -0.2) is 26.8 Å². The fourth-order valence-electron chi connectivity index (χ4n) is 4.12. The van der Waals surface area contributed by atoms with Gasteiger partial charge in [-0.25, -0.2) is 0 Å². The standard InChI is InChI=1S/C18H21Br3O3/c1-10(22)23-15-8-14(20)16(2,3)18(17(15,4)21)9-11-7-12(19)5-6-13(11)24-18/h5-7,14-15H,8-9H2,1-4H3. The molecule has 1 aromatic carbocycles. The fraction of sp³-hybridized carbons (Fsp3) is 0.611. The average molecular weight is 525 g/mol. The summed E-state index contributed by atoms with van der Waals surface area (Å²) in [5, 5.41) is 0. The summed E-state index contributed by atoms with van der Waals surface area (Å²) >= 11 is 11.3. The lowest BCUT2D eigenvalue weighted by Crippen LogP contribution is -2.72. The molecule has 24 heavy (non-hydrogen) atoms. The van der Waals surface area contributed by atoms with Gasteiger partial charge in [-0.15, -0.1) is 0 Å². The molecule has 1 heterocycles. The molecule has 0 aromatic heterocycles. The Hall–Kier alpha value is -0.0700. The average Bonchev–Trinajstić information content (AvgIpc) is 2.85. The number of alkyl halides is 2. The van der Waals surface area contributed by atoms with Crippen LogP contribution in [0.25, 0.3) is 0 Å². The molecular formula is C18H21Br3O3. The van der Waals surface area contributed by atoms with E-state index in [1.54, 1.807) is 0 Å². The van der Waals surface area contributed by atoms with Crippen molar-refractivity contribution in [2.75, 3.05) is 0 Å². The zero-order valence-corrected chi connectivity index (χ0v) is 18.9. The van der Waals surface area contributed by atoms with E-state index in [0.29, 0.717) is 0 Å². The molecule has 1 aliphatic carbocycles. The van der Waals surface area contributed by atoms with Gasteiger partial charge in [0.25, 0.3) is 0 Å². The zero-order valence-electron chi connectivity index (χ0n) is 14.2. The van der Waals surface area contributed by atoms with Crippen LogP contribution in [0.2, 0.25) is 0 Å².